The van der Waals surface area contributed by atoms with Gasteiger partial charge in [0, 0.05) is 13.5 Å². The molecule has 1 atom stereocenters. The van der Waals surface area contributed by atoms with Gasteiger partial charge in [0.1, 0.15) is 6.04 Å². The maximum absolute atomic E-state index is 11.7. The SMILES string of the molecule is CCCCCCCCCCCC(=O)N(C)C(C)C#N. The lowest BCUT2D eigenvalue weighted by Gasteiger charge is -2.19. The van der Waals surface area contributed by atoms with Crippen LogP contribution >= 0.6 is 0 Å². The lowest BCUT2D eigenvalue weighted by Crippen LogP contribution is -2.33. The molecular weight excluding hydrogens is 236 g/mol. The first kappa shape index (κ1) is 18.0. The molecule has 1 unspecified atom stereocenters. The van der Waals surface area contributed by atoms with Gasteiger partial charge >= 0.3 is 0 Å². The Hall–Kier alpha value is -1.04. The third-order valence-electron chi connectivity index (χ3n) is 3.66. The molecule has 0 aromatic rings. The van der Waals surface area contributed by atoms with Crippen molar-refractivity contribution in [1.29, 1.82) is 5.26 Å². The van der Waals surface area contributed by atoms with E-state index in [9.17, 15) is 4.79 Å². The Morgan fingerprint density at radius 1 is 1.05 bits per heavy atom. The molecule has 3 nitrogen and oxygen atoms in total. The van der Waals surface area contributed by atoms with Crippen LogP contribution in [0.5, 0.6) is 0 Å². The monoisotopic (exact) mass is 266 g/mol. The number of unbranched alkanes of at least 4 members (excludes halogenated alkanes) is 8. The fourth-order valence-electron chi connectivity index (χ4n) is 2.07. The standard InChI is InChI=1S/C16H30N2O/c1-4-5-6-7-8-9-10-11-12-13-16(19)18(3)15(2)14-17/h15H,4-13H2,1-3H3. The van der Waals surface area contributed by atoms with Gasteiger partial charge in [0.25, 0.3) is 0 Å². The normalized spacial score (nSPS) is 11.9. The summed E-state index contributed by atoms with van der Waals surface area (Å²) >= 11 is 0. The van der Waals surface area contributed by atoms with Crippen molar-refractivity contribution in [1.82, 2.24) is 4.90 Å². The van der Waals surface area contributed by atoms with Crippen LogP contribution in [0.1, 0.15) is 78.1 Å². The molecule has 1 amide bonds. The number of rotatable bonds is 11. The molecule has 0 aliphatic carbocycles. The lowest BCUT2D eigenvalue weighted by molar-refractivity contribution is -0.130. The number of amides is 1. The Bertz CT molecular complexity index is 270. The van der Waals surface area contributed by atoms with E-state index in [0.29, 0.717) is 6.42 Å². The van der Waals surface area contributed by atoms with Crippen molar-refractivity contribution in [2.75, 3.05) is 7.05 Å². The van der Waals surface area contributed by atoms with Crippen LogP contribution in [0.3, 0.4) is 0 Å². The summed E-state index contributed by atoms with van der Waals surface area (Å²) in [5.74, 6) is 0.0944. The largest absolute Gasteiger partial charge is 0.330 e. The molecule has 3 heteroatoms. The van der Waals surface area contributed by atoms with Crippen LogP contribution < -0.4 is 0 Å². The van der Waals surface area contributed by atoms with Gasteiger partial charge in [0.2, 0.25) is 5.91 Å². The molecule has 0 spiro atoms. The van der Waals surface area contributed by atoms with Crippen molar-refractivity contribution in [2.24, 2.45) is 0 Å². The van der Waals surface area contributed by atoms with Gasteiger partial charge < -0.3 is 4.90 Å². The van der Waals surface area contributed by atoms with E-state index in [2.05, 4.69) is 13.0 Å². The maximum Gasteiger partial charge on any atom is 0.223 e. The quantitative estimate of drug-likeness (QED) is 0.524. The molecule has 0 fully saturated rings. The molecule has 110 valence electrons. The second-order valence-electron chi connectivity index (χ2n) is 5.39. The molecule has 0 aliphatic rings. The summed E-state index contributed by atoms with van der Waals surface area (Å²) in [4.78, 5) is 13.3. The van der Waals surface area contributed by atoms with E-state index in [1.165, 1.54) is 44.9 Å². The van der Waals surface area contributed by atoms with Crippen molar-refractivity contribution in [3.8, 4) is 6.07 Å². The van der Waals surface area contributed by atoms with E-state index < -0.39 is 0 Å². The van der Waals surface area contributed by atoms with Gasteiger partial charge in [-0.15, -0.1) is 0 Å². The minimum atomic E-state index is -0.314. The van der Waals surface area contributed by atoms with Gasteiger partial charge in [-0.05, 0) is 13.3 Å². The maximum atomic E-state index is 11.7. The Morgan fingerprint density at radius 2 is 1.53 bits per heavy atom. The minimum absolute atomic E-state index is 0.0944. The predicted molar refractivity (Wildman–Crippen MR) is 79.7 cm³/mol. The molecule has 19 heavy (non-hydrogen) atoms. The van der Waals surface area contributed by atoms with Gasteiger partial charge in [-0.25, -0.2) is 0 Å². The van der Waals surface area contributed by atoms with Crippen LogP contribution in [-0.2, 0) is 4.79 Å². The highest BCUT2D eigenvalue weighted by molar-refractivity contribution is 5.76. The second-order valence-corrected chi connectivity index (χ2v) is 5.39. The molecule has 0 bridgehead atoms. The second kappa shape index (κ2) is 12.0. The zero-order valence-electron chi connectivity index (χ0n) is 13.0. The Kier molecular flexibility index (Phi) is 11.4. The molecule has 0 N–H and O–H groups in total. The van der Waals surface area contributed by atoms with Crippen molar-refractivity contribution in [3.05, 3.63) is 0 Å². The number of carbonyl (C=O) groups is 1. The Morgan fingerprint density at radius 3 is 2.00 bits per heavy atom. The summed E-state index contributed by atoms with van der Waals surface area (Å²) in [6, 6.07) is 1.77. The number of carbonyl (C=O) groups excluding carboxylic acids is 1. The van der Waals surface area contributed by atoms with Crippen molar-refractivity contribution in [2.45, 2.75) is 84.1 Å². The van der Waals surface area contributed by atoms with E-state index in [1.807, 2.05) is 0 Å². The molecular formula is C16H30N2O. The fourth-order valence-corrected chi connectivity index (χ4v) is 2.07. The topological polar surface area (TPSA) is 44.1 Å². The smallest absolute Gasteiger partial charge is 0.223 e. The van der Waals surface area contributed by atoms with E-state index in [4.69, 9.17) is 5.26 Å². The van der Waals surface area contributed by atoms with Crippen LogP contribution in [0.15, 0.2) is 0 Å². The summed E-state index contributed by atoms with van der Waals surface area (Å²) < 4.78 is 0. The van der Waals surface area contributed by atoms with Gasteiger partial charge in [-0.1, -0.05) is 58.3 Å². The number of hydrogen-bond acceptors (Lipinski definition) is 2. The van der Waals surface area contributed by atoms with Gasteiger partial charge in [-0.3, -0.25) is 4.79 Å². The number of nitriles is 1. The van der Waals surface area contributed by atoms with E-state index in [1.54, 1.807) is 18.9 Å². The van der Waals surface area contributed by atoms with E-state index in [0.717, 1.165) is 12.8 Å². The average molecular weight is 266 g/mol. The molecule has 0 rings (SSSR count). The summed E-state index contributed by atoms with van der Waals surface area (Å²) in [6.07, 6.45) is 11.9. The van der Waals surface area contributed by atoms with Crippen LogP contribution in [-0.4, -0.2) is 23.9 Å². The number of hydrogen-bond donors (Lipinski definition) is 0. The van der Waals surface area contributed by atoms with Gasteiger partial charge in [0.05, 0.1) is 6.07 Å². The molecule has 0 saturated heterocycles. The van der Waals surface area contributed by atoms with E-state index >= 15 is 0 Å². The summed E-state index contributed by atoms with van der Waals surface area (Å²) in [5, 5.41) is 8.74. The molecule has 0 aromatic carbocycles. The first-order chi connectivity index (χ1) is 9.13. The molecule has 0 radical (unpaired) electrons. The van der Waals surface area contributed by atoms with Crippen molar-refractivity contribution < 1.29 is 4.79 Å². The first-order valence-electron chi connectivity index (χ1n) is 7.78. The summed E-state index contributed by atoms with van der Waals surface area (Å²) in [7, 11) is 1.71. The van der Waals surface area contributed by atoms with E-state index in [-0.39, 0.29) is 11.9 Å². The lowest BCUT2D eigenvalue weighted by atomic mass is 10.1. The minimum Gasteiger partial charge on any atom is -0.330 e. The van der Waals surface area contributed by atoms with Crippen molar-refractivity contribution in [3.63, 3.8) is 0 Å². The highest BCUT2D eigenvalue weighted by Crippen LogP contribution is 2.11. The van der Waals surface area contributed by atoms with Crippen LogP contribution in [0, 0.1) is 11.3 Å². The zero-order chi connectivity index (χ0) is 14.5. The zero-order valence-corrected chi connectivity index (χ0v) is 13.0. The number of nitrogens with zero attached hydrogens (tertiary/aromatic N) is 2. The van der Waals surface area contributed by atoms with Crippen molar-refractivity contribution >= 4 is 5.91 Å². The molecule has 0 heterocycles. The molecule has 0 saturated carbocycles. The van der Waals surface area contributed by atoms with Gasteiger partial charge in [0.15, 0.2) is 0 Å². The van der Waals surface area contributed by atoms with Crippen LogP contribution in [0.4, 0.5) is 0 Å². The Balaban J connectivity index is 3.40. The average Bonchev–Trinajstić information content (AvgIpc) is 2.43. The fraction of sp³-hybridized carbons (Fsp3) is 0.875. The summed E-state index contributed by atoms with van der Waals surface area (Å²) in [5.41, 5.74) is 0. The third kappa shape index (κ3) is 9.53. The highest BCUT2D eigenvalue weighted by Gasteiger charge is 2.13. The molecule has 0 aliphatic heterocycles. The molecule has 0 aromatic heterocycles. The van der Waals surface area contributed by atoms with Gasteiger partial charge in [-0.2, -0.15) is 5.26 Å². The predicted octanol–water partition coefficient (Wildman–Crippen LogP) is 4.28. The third-order valence-corrected chi connectivity index (χ3v) is 3.66. The first-order valence-corrected chi connectivity index (χ1v) is 7.78. The van der Waals surface area contributed by atoms with Crippen LogP contribution in [0.25, 0.3) is 0 Å². The summed E-state index contributed by atoms with van der Waals surface area (Å²) in [6.45, 7) is 4.00. The Labute approximate surface area is 119 Å². The van der Waals surface area contributed by atoms with Crippen LogP contribution in [0.2, 0.25) is 0 Å². The highest BCUT2D eigenvalue weighted by atomic mass is 16.2.